The Morgan fingerprint density at radius 2 is 1.70 bits per heavy atom. The van der Waals surface area contributed by atoms with Crippen molar-refractivity contribution in [3.63, 3.8) is 0 Å². The summed E-state index contributed by atoms with van der Waals surface area (Å²) in [6, 6.07) is 12.9. The van der Waals surface area contributed by atoms with Crippen LogP contribution in [0.1, 0.15) is 23.2 Å². The summed E-state index contributed by atoms with van der Waals surface area (Å²) in [5.74, 6) is -0.707. The Kier molecular flexibility index (Phi) is 4.17. The summed E-state index contributed by atoms with van der Waals surface area (Å²) < 4.78 is 6.82. The van der Waals surface area contributed by atoms with E-state index in [9.17, 15) is 14.4 Å². The number of aromatic nitrogens is 4. The molecule has 2 heterocycles. The van der Waals surface area contributed by atoms with Crippen LogP contribution in [0.25, 0.3) is 5.69 Å². The van der Waals surface area contributed by atoms with Gasteiger partial charge in [0.15, 0.2) is 0 Å². The highest BCUT2D eigenvalue weighted by Gasteiger charge is 2.30. The number of nitrogens with zero attached hydrogens (tertiary/aromatic N) is 5. The molecule has 1 aromatic heterocycles. The SMILES string of the molecule is O=C(Oc1cccc(-n2cnnn2)c1)c1ccc(N2C(=O)CCC2=O)cc1. The van der Waals surface area contributed by atoms with E-state index in [0.29, 0.717) is 22.7 Å². The quantitative estimate of drug-likeness (QED) is 0.393. The molecule has 0 radical (unpaired) electrons. The molecule has 0 spiro atoms. The Hall–Kier alpha value is -3.88. The minimum Gasteiger partial charge on any atom is -0.423 e. The summed E-state index contributed by atoms with van der Waals surface area (Å²) in [6.07, 6.45) is 1.85. The monoisotopic (exact) mass is 363 g/mol. The van der Waals surface area contributed by atoms with Crippen molar-refractivity contribution in [2.75, 3.05) is 4.90 Å². The molecule has 134 valence electrons. The summed E-state index contributed by atoms with van der Waals surface area (Å²) in [6.45, 7) is 0. The van der Waals surface area contributed by atoms with Crippen molar-refractivity contribution in [2.45, 2.75) is 12.8 Å². The number of esters is 1. The minimum atomic E-state index is -0.561. The summed E-state index contributed by atoms with van der Waals surface area (Å²) in [5.41, 5.74) is 1.39. The summed E-state index contributed by atoms with van der Waals surface area (Å²) in [5, 5.41) is 10.9. The normalized spacial score (nSPS) is 13.9. The first-order valence-electron chi connectivity index (χ1n) is 8.13. The van der Waals surface area contributed by atoms with Gasteiger partial charge < -0.3 is 4.74 Å². The Morgan fingerprint density at radius 1 is 0.963 bits per heavy atom. The highest BCUT2D eigenvalue weighted by atomic mass is 16.5. The fourth-order valence-corrected chi connectivity index (χ4v) is 2.75. The highest BCUT2D eigenvalue weighted by molar-refractivity contribution is 6.19. The zero-order valence-electron chi connectivity index (χ0n) is 14.0. The lowest BCUT2D eigenvalue weighted by molar-refractivity contribution is -0.121. The third-order valence-electron chi connectivity index (χ3n) is 4.05. The minimum absolute atomic E-state index is 0.209. The van der Waals surface area contributed by atoms with E-state index < -0.39 is 5.97 Å². The molecule has 3 aromatic rings. The van der Waals surface area contributed by atoms with Crippen LogP contribution in [0.2, 0.25) is 0 Å². The molecule has 4 rings (SSSR count). The second-order valence-corrected chi connectivity index (χ2v) is 5.81. The van der Waals surface area contributed by atoms with Crippen LogP contribution in [0.3, 0.4) is 0 Å². The molecule has 2 aromatic carbocycles. The Morgan fingerprint density at radius 3 is 2.37 bits per heavy atom. The number of carbonyl (C=O) groups excluding carboxylic acids is 3. The second kappa shape index (κ2) is 6.79. The maximum absolute atomic E-state index is 12.4. The molecule has 9 nitrogen and oxygen atoms in total. The van der Waals surface area contributed by atoms with E-state index >= 15 is 0 Å². The number of rotatable bonds is 4. The number of ether oxygens (including phenoxy) is 1. The van der Waals surface area contributed by atoms with Crippen molar-refractivity contribution in [1.29, 1.82) is 0 Å². The lowest BCUT2D eigenvalue weighted by Crippen LogP contribution is -2.28. The molecule has 0 aliphatic carbocycles. The molecule has 0 atom stereocenters. The third kappa shape index (κ3) is 3.30. The molecule has 0 bridgehead atoms. The molecule has 0 N–H and O–H groups in total. The Balaban J connectivity index is 1.50. The molecule has 27 heavy (non-hydrogen) atoms. The van der Waals surface area contributed by atoms with Gasteiger partial charge in [0, 0.05) is 18.9 Å². The van der Waals surface area contributed by atoms with Crippen molar-refractivity contribution < 1.29 is 19.1 Å². The average Bonchev–Trinajstić information content (AvgIpc) is 3.32. The molecule has 2 amide bonds. The van der Waals surface area contributed by atoms with Crippen molar-refractivity contribution in [3.8, 4) is 11.4 Å². The number of anilines is 1. The van der Waals surface area contributed by atoms with Gasteiger partial charge in [0.25, 0.3) is 0 Å². The summed E-state index contributed by atoms with van der Waals surface area (Å²) >= 11 is 0. The smallest absolute Gasteiger partial charge is 0.343 e. The second-order valence-electron chi connectivity index (χ2n) is 5.81. The lowest BCUT2D eigenvalue weighted by Gasteiger charge is -2.14. The van der Waals surface area contributed by atoms with Gasteiger partial charge in [-0.05, 0) is 46.8 Å². The van der Waals surface area contributed by atoms with Gasteiger partial charge in [0.1, 0.15) is 12.1 Å². The van der Waals surface area contributed by atoms with Crippen LogP contribution in [-0.4, -0.2) is 38.0 Å². The van der Waals surface area contributed by atoms with Gasteiger partial charge in [-0.25, -0.2) is 9.48 Å². The van der Waals surface area contributed by atoms with E-state index in [4.69, 9.17) is 4.74 Å². The molecular formula is C18H13N5O4. The third-order valence-corrected chi connectivity index (χ3v) is 4.05. The van der Waals surface area contributed by atoms with E-state index in [1.807, 2.05) is 0 Å². The predicted octanol–water partition coefficient (Wildman–Crippen LogP) is 1.53. The number of imide groups is 1. The molecule has 1 fully saturated rings. The predicted molar refractivity (Wildman–Crippen MR) is 92.3 cm³/mol. The van der Waals surface area contributed by atoms with Gasteiger partial charge in [-0.2, -0.15) is 0 Å². The van der Waals surface area contributed by atoms with Crippen LogP contribution in [0.4, 0.5) is 5.69 Å². The topological polar surface area (TPSA) is 107 Å². The van der Waals surface area contributed by atoms with E-state index in [-0.39, 0.29) is 24.7 Å². The molecular weight excluding hydrogens is 350 g/mol. The zero-order chi connectivity index (χ0) is 18.8. The molecule has 1 aliphatic rings. The van der Waals surface area contributed by atoms with E-state index in [1.165, 1.54) is 23.1 Å². The van der Waals surface area contributed by atoms with Crippen molar-refractivity contribution in [1.82, 2.24) is 20.2 Å². The van der Waals surface area contributed by atoms with Gasteiger partial charge in [-0.3, -0.25) is 14.5 Å². The van der Waals surface area contributed by atoms with Crippen LogP contribution < -0.4 is 9.64 Å². The van der Waals surface area contributed by atoms with E-state index in [0.717, 1.165) is 4.90 Å². The first-order chi connectivity index (χ1) is 13.1. The summed E-state index contributed by atoms with van der Waals surface area (Å²) in [7, 11) is 0. The molecule has 0 unspecified atom stereocenters. The maximum atomic E-state index is 12.4. The van der Waals surface area contributed by atoms with Crippen LogP contribution in [-0.2, 0) is 9.59 Å². The molecule has 1 saturated heterocycles. The zero-order valence-corrected chi connectivity index (χ0v) is 14.0. The number of amides is 2. The highest BCUT2D eigenvalue weighted by Crippen LogP contribution is 2.23. The molecule has 0 saturated carbocycles. The number of carbonyl (C=O) groups is 3. The van der Waals surface area contributed by atoms with Gasteiger partial charge in [-0.15, -0.1) is 5.10 Å². The van der Waals surface area contributed by atoms with Crippen molar-refractivity contribution in [2.24, 2.45) is 0 Å². The first kappa shape index (κ1) is 16.6. The number of tetrazole rings is 1. The number of benzene rings is 2. The van der Waals surface area contributed by atoms with Crippen LogP contribution in [0.15, 0.2) is 54.9 Å². The lowest BCUT2D eigenvalue weighted by atomic mass is 10.2. The molecule has 1 aliphatic heterocycles. The fraction of sp³-hybridized carbons (Fsp3) is 0.111. The standard InChI is InChI=1S/C18H13N5O4/c24-16-8-9-17(25)23(16)13-6-4-12(5-7-13)18(26)27-15-3-1-2-14(10-15)22-11-19-20-21-22/h1-7,10-11H,8-9H2. The van der Waals surface area contributed by atoms with Gasteiger partial charge in [0.05, 0.1) is 16.9 Å². The van der Waals surface area contributed by atoms with Crippen LogP contribution in [0, 0.1) is 0 Å². The van der Waals surface area contributed by atoms with E-state index in [2.05, 4.69) is 15.5 Å². The van der Waals surface area contributed by atoms with Gasteiger partial charge in [0.2, 0.25) is 11.8 Å². The number of hydrogen-bond acceptors (Lipinski definition) is 7. The fourth-order valence-electron chi connectivity index (χ4n) is 2.75. The Labute approximate surface area is 153 Å². The van der Waals surface area contributed by atoms with Crippen LogP contribution >= 0.6 is 0 Å². The van der Waals surface area contributed by atoms with Gasteiger partial charge in [-0.1, -0.05) is 6.07 Å². The summed E-state index contributed by atoms with van der Waals surface area (Å²) in [4.78, 5) is 37.0. The number of hydrogen-bond donors (Lipinski definition) is 0. The maximum Gasteiger partial charge on any atom is 0.343 e. The van der Waals surface area contributed by atoms with Crippen LogP contribution in [0.5, 0.6) is 5.75 Å². The van der Waals surface area contributed by atoms with Crippen molar-refractivity contribution >= 4 is 23.5 Å². The largest absolute Gasteiger partial charge is 0.423 e. The average molecular weight is 363 g/mol. The first-order valence-corrected chi connectivity index (χ1v) is 8.13. The van der Waals surface area contributed by atoms with E-state index in [1.54, 1.807) is 36.4 Å². The molecule has 9 heteroatoms. The van der Waals surface area contributed by atoms with Gasteiger partial charge >= 0.3 is 5.97 Å². The Bertz CT molecular complexity index is 998. The van der Waals surface area contributed by atoms with Crippen molar-refractivity contribution in [3.05, 3.63) is 60.4 Å².